The van der Waals surface area contributed by atoms with Gasteiger partial charge in [-0.2, -0.15) is 0 Å². The number of hydrogen-bond acceptors (Lipinski definition) is 7. The second kappa shape index (κ2) is 12.3. The summed E-state index contributed by atoms with van der Waals surface area (Å²) in [5.41, 5.74) is 2.01. The normalized spacial score (nSPS) is 12.9. The number of aliphatic carboxylic acids is 1. The number of carbonyl (C=O) groups is 3. The highest BCUT2D eigenvalue weighted by molar-refractivity contribution is 5.95. The van der Waals surface area contributed by atoms with Crippen molar-refractivity contribution in [3.8, 4) is 11.5 Å². The maximum atomic E-state index is 12.6. The molecule has 4 rings (SSSR count). The number of carboxylic acids is 1. The Labute approximate surface area is 218 Å². The van der Waals surface area contributed by atoms with Gasteiger partial charge in [-0.15, -0.1) is 0 Å². The summed E-state index contributed by atoms with van der Waals surface area (Å²) in [5.74, 6) is -1.42. The predicted molar refractivity (Wildman–Crippen MR) is 136 cm³/mol. The van der Waals surface area contributed by atoms with E-state index in [9.17, 15) is 24.6 Å². The van der Waals surface area contributed by atoms with Crippen LogP contribution in [0.1, 0.15) is 29.2 Å². The van der Waals surface area contributed by atoms with Crippen LogP contribution < -0.4 is 30.5 Å². The molecule has 0 saturated heterocycles. The molecular formula is C27H25N4O7-. The fraction of sp³-hybridized carbons (Fsp3) is 0.185. The molecular weight excluding hydrogens is 492 g/mol. The van der Waals surface area contributed by atoms with Gasteiger partial charge < -0.3 is 35.6 Å². The van der Waals surface area contributed by atoms with Gasteiger partial charge in [-0.1, -0.05) is 48.5 Å². The van der Waals surface area contributed by atoms with Crippen LogP contribution in [0, 0.1) is 0 Å². The molecule has 4 N–H and O–H groups in total. The maximum absolute atomic E-state index is 12.6. The lowest BCUT2D eigenvalue weighted by Gasteiger charge is -2.18. The van der Waals surface area contributed by atoms with Gasteiger partial charge in [0.05, 0.1) is 12.5 Å². The third kappa shape index (κ3) is 7.23. The van der Waals surface area contributed by atoms with Gasteiger partial charge in [0.25, 0.3) is 0 Å². The standard InChI is InChI=1S/C27H26N4O7/c32-24(31-21(13-25(33)34)18-9-10-22-23(12-18)38-16-37-22)15-28-26(35)19-7-4-8-20(11-19)30-27(36)29-14-17-5-2-1-3-6-17/h1-12,21H,13-16H2,(H,28,35)(H,31,32)(H,33,34)(H2,29,30,36)/p-1. The molecule has 0 bridgehead atoms. The Morgan fingerprint density at radius 3 is 2.55 bits per heavy atom. The van der Waals surface area contributed by atoms with Gasteiger partial charge >= 0.3 is 12.0 Å². The molecule has 0 radical (unpaired) electrons. The van der Waals surface area contributed by atoms with Gasteiger partial charge in [0.15, 0.2) is 11.5 Å². The average Bonchev–Trinajstić information content (AvgIpc) is 3.39. The van der Waals surface area contributed by atoms with E-state index in [0.29, 0.717) is 29.3 Å². The molecule has 1 aliphatic rings. The summed E-state index contributed by atoms with van der Waals surface area (Å²) >= 11 is 0. The van der Waals surface area contributed by atoms with Crippen LogP contribution in [0.3, 0.4) is 0 Å². The van der Waals surface area contributed by atoms with Crippen molar-refractivity contribution in [3.05, 3.63) is 89.5 Å². The molecule has 1 unspecified atom stereocenters. The molecule has 1 aliphatic heterocycles. The smallest absolute Gasteiger partial charge is 0.319 e. The Morgan fingerprint density at radius 2 is 1.76 bits per heavy atom. The molecule has 0 spiro atoms. The number of ether oxygens (including phenoxy) is 2. The molecule has 1 atom stereocenters. The van der Waals surface area contributed by atoms with Crippen molar-refractivity contribution in [1.29, 1.82) is 0 Å². The Balaban J connectivity index is 1.34. The van der Waals surface area contributed by atoms with E-state index in [0.717, 1.165) is 5.56 Å². The molecule has 11 heteroatoms. The fourth-order valence-corrected chi connectivity index (χ4v) is 3.72. The number of anilines is 1. The summed E-state index contributed by atoms with van der Waals surface area (Å²) in [6.07, 6.45) is -0.376. The zero-order chi connectivity index (χ0) is 26.9. The number of carboxylic acid groups (broad SMARTS) is 1. The third-order valence-corrected chi connectivity index (χ3v) is 5.54. The summed E-state index contributed by atoms with van der Waals surface area (Å²) in [6.45, 7) is -0.107. The minimum Gasteiger partial charge on any atom is -0.858 e. The molecule has 11 nitrogen and oxygen atoms in total. The van der Waals surface area contributed by atoms with Crippen molar-refractivity contribution < 1.29 is 34.1 Å². The van der Waals surface area contributed by atoms with E-state index in [-0.39, 0.29) is 18.8 Å². The van der Waals surface area contributed by atoms with Crippen molar-refractivity contribution in [2.75, 3.05) is 18.7 Å². The number of amides is 3. The first-order valence-electron chi connectivity index (χ1n) is 11.7. The third-order valence-electron chi connectivity index (χ3n) is 5.54. The van der Waals surface area contributed by atoms with E-state index in [4.69, 9.17) is 9.47 Å². The number of carbonyl (C=O) groups excluding carboxylic acids is 2. The molecule has 3 aromatic rings. The molecule has 0 aromatic heterocycles. The second-order valence-electron chi connectivity index (χ2n) is 8.33. The number of fused-ring (bicyclic) bond motifs is 1. The number of hydrogen-bond donors (Lipinski definition) is 4. The largest absolute Gasteiger partial charge is 0.858 e. The molecule has 3 amide bonds. The highest BCUT2D eigenvalue weighted by Crippen LogP contribution is 2.34. The molecule has 1 heterocycles. The van der Waals surface area contributed by atoms with Crippen LogP contribution in [0.2, 0.25) is 0 Å². The molecule has 0 saturated carbocycles. The van der Waals surface area contributed by atoms with E-state index < -0.39 is 36.4 Å². The van der Waals surface area contributed by atoms with E-state index in [1.54, 1.807) is 30.3 Å². The number of aliphatic imine (C=N–C) groups is 1. The number of rotatable bonds is 10. The van der Waals surface area contributed by atoms with E-state index in [1.807, 2.05) is 30.3 Å². The van der Waals surface area contributed by atoms with Crippen LogP contribution in [0.25, 0.3) is 0 Å². The lowest BCUT2D eigenvalue weighted by atomic mass is 10.0. The zero-order valence-corrected chi connectivity index (χ0v) is 20.2. The van der Waals surface area contributed by atoms with Crippen LogP contribution in [-0.4, -0.2) is 42.2 Å². The van der Waals surface area contributed by atoms with E-state index in [1.165, 1.54) is 12.1 Å². The average molecular weight is 518 g/mol. The minimum absolute atomic E-state index is 0.0603. The highest BCUT2D eigenvalue weighted by Gasteiger charge is 2.21. The Hall–Kier alpha value is -5.06. The lowest BCUT2D eigenvalue weighted by molar-refractivity contribution is -0.213. The van der Waals surface area contributed by atoms with Crippen molar-refractivity contribution in [1.82, 2.24) is 10.6 Å². The highest BCUT2D eigenvalue weighted by atomic mass is 16.7. The van der Waals surface area contributed by atoms with Gasteiger partial charge in [0, 0.05) is 12.2 Å². The van der Waals surface area contributed by atoms with Crippen LogP contribution in [0.15, 0.2) is 77.8 Å². The lowest BCUT2D eigenvalue weighted by Crippen LogP contribution is -2.33. The van der Waals surface area contributed by atoms with Crippen LogP contribution in [0.5, 0.6) is 11.5 Å². The summed E-state index contributed by atoms with van der Waals surface area (Å²) in [4.78, 5) is 39.9. The number of nitrogens with one attached hydrogen (secondary N) is 3. The molecule has 196 valence electrons. The molecule has 0 fully saturated rings. The Morgan fingerprint density at radius 1 is 0.974 bits per heavy atom. The van der Waals surface area contributed by atoms with E-state index in [2.05, 4.69) is 20.9 Å². The van der Waals surface area contributed by atoms with Gasteiger partial charge in [0.2, 0.25) is 12.7 Å². The fourth-order valence-electron chi connectivity index (χ4n) is 3.72. The molecule has 38 heavy (non-hydrogen) atoms. The quantitative estimate of drug-likeness (QED) is 0.237. The monoisotopic (exact) mass is 517 g/mol. The number of nitrogens with zero attached hydrogens (tertiary/aromatic N) is 1. The minimum atomic E-state index is -1.11. The van der Waals surface area contributed by atoms with Crippen LogP contribution in [0.4, 0.5) is 10.5 Å². The Bertz CT molecular complexity index is 1340. The first kappa shape index (κ1) is 26.0. The van der Waals surface area contributed by atoms with Crippen molar-refractivity contribution in [2.24, 2.45) is 4.99 Å². The second-order valence-corrected chi connectivity index (χ2v) is 8.33. The van der Waals surface area contributed by atoms with Crippen LogP contribution >= 0.6 is 0 Å². The number of urea groups is 1. The first-order chi connectivity index (χ1) is 18.4. The summed E-state index contributed by atoms with van der Waals surface area (Å²) in [7, 11) is 0. The van der Waals surface area contributed by atoms with Gasteiger partial charge in [0.1, 0.15) is 6.54 Å². The maximum Gasteiger partial charge on any atom is 0.319 e. The summed E-state index contributed by atoms with van der Waals surface area (Å²) < 4.78 is 10.6. The van der Waals surface area contributed by atoms with Crippen LogP contribution in [-0.2, 0) is 16.1 Å². The van der Waals surface area contributed by atoms with Crippen molar-refractivity contribution >= 4 is 29.5 Å². The molecule has 0 aliphatic carbocycles. The van der Waals surface area contributed by atoms with Gasteiger partial charge in [-0.25, -0.2) is 4.79 Å². The van der Waals surface area contributed by atoms with Crippen molar-refractivity contribution in [3.63, 3.8) is 0 Å². The Kier molecular flexibility index (Phi) is 8.39. The summed E-state index contributed by atoms with van der Waals surface area (Å²) in [6, 6.07) is 19.1. The van der Waals surface area contributed by atoms with Gasteiger partial charge in [-0.05, 0) is 46.9 Å². The molecule has 3 aromatic carbocycles. The van der Waals surface area contributed by atoms with E-state index >= 15 is 0 Å². The van der Waals surface area contributed by atoms with Crippen molar-refractivity contribution in [2.45, 2.75) is 19.0 Å². The SMILES string of the molecule is O=C(O)CC(NC(=O)CN=C([O-])c1cccc(NC(=O)NCc2ccccc2)c1)c1ccc2c(c1)OCO2. The number of benzene rings is 3. The van der Waals surface area contributed by atoms with Gasteiger partial charge in [-0.3, -0.25) is 14.6 Å². The first-order valence-corrected chi connectivity index (χ1v) is 11.7. The summed E-state index contributed by atoms with van der Waals surface area (Å²) in [5, 5.41) is 29.8. The topological polar surface area (TPSA) is 161 Å². The zero-order valence-electron chi connectivity index (χ0n) is 20.2. The predicted octanol–water partition coefficient (Wildman–Crippen LogP) is 2.18.